The van der Waals surface area contributed by atoms with Crippen LogP contribution < -0.4 is 10.2 Å². The summed E-state index contributed by atoms with van der Waals surface area (Å²) in [6, 6.07) is 2.23. The maximum atomic E-state index is 14.0. The third kappa shape index (κ3) is 2.27. The maximum absolute atomic E-state index is 14.0. The summed E-state index contributed by atoms with van der Waals surface area (Å²) in [6.07, 6.45) is 0. The number of pyridine rings is 1. The number of hydrogen-bond acceptors (Lipinski definition) is 3. The van der Waals surface area contributed by atoms with Crippen molar-refractivity contribution in [2.24, 2.45) is 0 Å². The molecule has 1 N–H and O–H groups in total. The summed E-state index contributed by atoms with van der Waals surface area (Å²) in [5.74, 6) is -1.20. The van der Waals surface area contributed by atoms with Crippen molar-refractivity contribution >= 4 is 32.5 Å². The molecular weight excluding hydrogens is 328 g/mol. The third-order valence-electron chi connectivity index (χ3n) is 3.52. The molecule has 0 unspecified atom stereocenters. The molecule has 20 heavy (non-hydrogen) atoms. The van der Waals surface area contributed by atoms with Gasteiger partial charge in [0.1, 0.15) is 11.3 Å². The van der Waals surface area contributed by atoms with Gasteiger partial charge in [0.15, 0.2) is 5.82 Å². The van der Waals surface area contributed by atoms with Crippen LogP contribution in [0, 0.1) is 18.6 Å². The Morgan fingerprint density at radius 2 is 1.95 bits per heavy atom. The molecule has 3 rings (SSSR count). The number of anilines is 1. The summed E-state index contributed by atoms with van der Waals surface area (Å²) in [5, 5.41) is 3.78. The molecule has 1 aromatic carbocycles. The zero-order valence-corrected chi connectivity index (χ0v) is 12.6. The van der Waals surface area contributed by atoms with Gasteiger partial charge in [-0.2, -0.15) is 0 Å². The van der Waals surface area contributed by atoms with Gasteiger partial charge in [-0.15, -0.1) is 0 Å². The predicted molar refractivity (Wildman–Crippen MR) is 79.2 cm³/mol. The zero-order chi connectivity index (χ0) is 14.3. The predicted octanol–water partition coefficient (Wildman–Crippen LogP) is 2.99. The first-order chi connectivity index (χ1) is 9.58. The molecule has 1 aromatic heterocycles. The van der Waals surface area contributed by atoms with Gasteiger partial charge in [0.2, 0.25) is 0 Å². The second-order valence-corrected chi connectivity index (χ2v) is 5.67. The van der Waals surface area contributed by atoms with Crippen LogP contribution >= 0.6 is 15.9 Å². The number of aromatic nitrogens is 1. The number of halogens is 3. The SMILES string of the molecule is Cc1nc2c(F)cc(F)cc2c(N2CCNCC2)c1Br. The molecule has 0 aliphatic carbocycles. The van der Waals surface area contributed by atoms with E-state index in [1.807, 2.05) is 6.92 Å². The average Bonchev–Trinajstić information content (AvgIpc) is 2.42. The van der Waals surface area contributed by atoms with Crippen LogP contribution in [0.3, 0.4) is 0 Å². The number of nitrogens with one attached hydrogen (secondary N) is 1. The summed E-state index contributed by atoms with van der Waals surface area (Å²) in [6.45, 7) is 5.13. The van der Waals surface area contributed by atoms with Crippen molar-refractivity contribution in [3.8, 4) is 0 Å². The Kier molecular flexibility index (Phi) is 3.60. The van der Waals surface area contributed by atoms with Gasteiger partial charge in [-0.05, 0) is 28.9 Å². The second-order valence-electron chi connectivity index (χ2n) is 4.88. The van der Waals surface area contributed by atoms with Gasteiger partial charge in [-0.1, -0.05) is 0 Å². The number of hydrogen-bond donors (Lipinski definition) is 1. The minimum Gasteiger partial charge on any atom is -0.367 e. The minimum atomic E-state index is -0.619. The molecule has 1 saturated heterocycles. The number of fused-ring (bicyclic) bond motifs is 1. The molecule has 1 aliphatic heterocycles. The number of piperazine rings is 1. The van der Waals surface area contributed by atoms with Crippen LogP contribution in [0.1, 0.15) is 5.69 Å². The van der Waals surface area contributed by atoms with E-state index in [1.54, 1.807) is 0 Å². The van der Waals surface area contributed by atoms with Crippen LogP contribution in [0.2, 0.25) is 0 Å². The molecule has 0 spiro atoms. The first kappa shape index (κ1) is 13.7. The lowest BCUT2D eigenvalue weighted by Gasteiger charge is -2.31. The van der Waals surface area contributed by atoms with Crippen molar-refractivity contribution < 1.29 is 8.78 Å². The first-order valence-corrected chi connectivity index (χ1v) is 7.28. The highest BCUT2D eigenvalue weighted by Gasteiger charge is 2.21. The van der Waals surface area contributed by atoms with E-state index >= 15 is 0 Å². The van der Waals surface area contributed by atoms with Crippen LogP contribution in [-0.4, -0.2) is 31.2 Å². The van der Waals surface area contributed by atoms with Crippen LogP contribution in [-0.2, 0) is 0 Å². The highest BCUT2D eigenvalue weighted by molar-refractivity contribution is 9.10. The highest BCUT2D eigenvalue weighted by atomic mass is 79.9. The van der Waals surface area contributed by atoms with E-state index in [0.29, 0.717) is 11.1 Å². The van der Waals surface area contributed by atoms with Crippen molar-refractivity contribution in [2.45, 2.75) is 6.92 Å². The fourth-order valence-corrected chi connectivity index (χ4v) is 3.12. The fourth-order valence-electron chi connectivity index (χ4n) is 2.56. The van der Waals surface area contributed by atoms with Crippen molar-refractivity contribution in [2.75, 3.05) is 31.1 Å². The minimum absolute atomic E-state index is 0.223. The lowest BCUT2D eigenvalue weighted by Crippen LogP contribution is -2.43. The maximum Gasteiger partial charge on any atom is 0.152 e. The molecule has 6 heteroatoms. The van der Waals surface area contributed by atoms with E-state index in [-0.39, 0.29) is 5.52 Å². The Balaban J connectivity index is 2.29. The third-order valence-corrected chi connectivity index (χ3v) is 4.47. The first-order valence-electron chi connectivity index (χ1n) is 6.48. The summed E-state index contributed by atoms with van der Waals surface area (Å²) in [5.41, 5.74) is 1.75. The van der Waals surface area contributed by atoms with E-state index in [9.17, 15) is 8.78 Å². The largest absolute Gasteiger partial charge is 0.367 e. The quantitative estimate of drug-likeness (QED) is 0.864. The average molecular weight is 342 g/mol. The van der Waals surface area contributed by atoms with Gasteiger partial charge in [-0.3, -0.25) is 0 Å². The molecule has 3 nitrogen and oxygen atoms in total. The molecule has 1 aliphatic rings. The van der Waals surface area contributed by atoms with Crippen molar-refractivity contribution in [1.29, 1.82) is 0 Å². The molecule has 0 saturated carbocycles. The second kappa shape index (κ2) is 5.26. The van der Waals surface area contributed by atoms with Gasteiger partial charge in [-0.25, -0.2) is 13.8 Å². The van der Waals surface area contributed by atoms with Gasteiger partial charge in [0.25, 0.3) is 0 Å². The zero-order valence-electron chi connectivity index (χ0n) is 11.0. The molecule has 2 aromatic rings. The smallest absolute Gasteiger partial charge is 0.152 e. The lowest BCUT2D eigenvalue weighted by molar-refractivity contribution is 0.585. The highest BCUT2D eigenvalue weighted by Crippen LogP contribution is 2.37. The lowest BCUT2D eigenvalue weighted by atomic mass is 10.1. The molecule has 0 radical (unpaired) electrons. The fraction of sp³-hybridized carbons (Fsp3) is 0.357. The van der Waals surface area contributed by atoms with E-state index in [1.165, 1.54) is 6.07 Å². The number of nitrogens with zero attached hydrogens (tertiary/aromatic N) is 2. The Labute approximate surface area is 124 Å². The van der Waals surface area contributed by atoms with E-state index < -0.39 is 11.6 Å². The Morgan fingerprint density at radius 3 is 2.65 bits per heavy atom. The van der Waals surface area contributed by atoms with Crippen LogP contribution in [0.5, 0.6) is 0 Å². The summed E-state index contributed by atoms with van der Waals surface area (Å²) < 4.78 is 28.3. The monoisotopic (exact) mass is 341 g/mol. The molecule has 106 valence electrons. The summed E-state index contributed by atoms with van der Waals surface area (Å²) in [7, 11) is 0. The summed E-state index contributed by atoms with van der Waals surface area (Å²) >= 11 is 3.52. The van der Waals surface area contributed by atoms with Crippen molar-refractivity contribution in [3.05, 3.63) is 33.9 Å². The standard InChI is InChI=1S/C14H14BrF2N3/c1-8-12(15)14(20-4-2-18-3-5-20)10-6-9(16)7-11(17)13(10)19-8/h6-7,18H,2-5H2,1H3. The van der Waals surface area contributed by atoms with Crippen LogP contribution in [0.25, 0.3) is 10.9 Å². The van der Waals surface area contributed by atoms with Crippen molar-refractivity contribution in [1.82, 2.24) is 10.3 Å². The molecule has 1 fully saturated rings. The van der Waals surface area contributed by atoms with Crippen LogP contribution in [0.4, 0.5) is 14.5 Å². The molecule has 2 heterocycles. The number of rotatable bonds is 1. The van der Waals surface area contributed by atoms with Gasteiger partial charge < -0.3 is 10.2 Å². The molecule has 0 bridgehead atoms. The van der Waals surface area contributed by atoms with Gasteiger partial charge in [0, 0.05) is 37.6 Å². The number of aryl methyl sites for hydroxylation is 1. The molecule has 0 amide bonds. The molecule has 0 atom stereocenters. The summed E-state index contributed by atoms with van der Waals surface area (Å²) in [4.78, 5) is 6.38. The van der Waals surface area contributed by atoms with E-state index in [0.717, 1.165) is 42.4 Å². The molecular formula is C14H14BrF2N3. The number of benzene rings is 1. The topological polar surface area (TPSA) is 28.2 Å². The Bertz CT molecular complexity index is 669. The Hall–Kier alpha value is -1.27. The Morgan fingerprint density at radius 1 is 1.25 bits per heavy atom. The van der Waals surface area contributed by atoms with E-state index in [4.69, 9.17) is 0 Å². The normalized spacial score (nSPS) is 15.9. The van der Waals surface area contributed by atoms with E-state index in [2.05, 4.69) is 31.1 Å². The van der Waals surface area contributed by atoms with Gasteiger partial charge >= 0.3 is 0 Å². The van der Waals surface area contributed by atoms with Crippen LogP contribution in [0.15, 0.2) is 16.6 Å². The van der Waals surface area contributed by atoms with Gasteiger partial charge in [0.05, 0.1) is 15.9 Å². The van der Waals surface area contributed by atoms with Crippen molar-refractivity contribution in [3.63, 3.8) is 0 Å².